The molecule has 17 heavy (non-hydrogen) atoms. The van der Waals surface area contributed by atoms with Crippen molar-refractivity contribution in [2.45, 2.75) is 12.8 Å². The van der Waals surface area contributed by atoms with Crippen LogP contribution in [0.4, 0.5) is 5.13 Å². The molecule has 2 aromatic rings. The fraction of sp³-hybridized carbons (Fsp3) is 0.400. The van der Waals surface area contributed by atoms with E-state index in [9.17, 15) is 4.79 Å². The topological polar surface area (TPSA) is 72.7 Å². The second-order valence-corrected chi connectivity index (χ2v) is 4.84. The summed E-state index contributed by atoms with van der Waals surface area (Å²) in [4.78, 5) is 15.8. The van der Waals surface area contributed by atoms with Crippen molar-refractivity contribution in [2.24, 2.45) is 13.0 Å². The predicted octanol–water partition coefficient (Wildman–Crippen LogP) is 1.29. The smallest absolute Gasteiger partial charge is 0.229 e. The number of rotatable bonds is 3. The molecule has 0 unspecified atom stereocenters. The summed E-state index contributed by atoms with van der Waals surface area (Å²) in [7, 11) is 1.84. The van der Waals surface area contributed by atoms with E-state index < -0.39 is 0 Å². The number of nitrogens with one attached hydrogen (secondary N) is 1. The molecule has 2 aromatic heterocycles. The van der Waals surface area contributed by atoms with Gasteiger partial charge in [-0.15, -0.1) is 0 Å². The Labute approximate surface area is 102 Å². The maximum Gasteiger partial charge on any atom is 0.229 e. The highest BCUT2D eigenvalue weighted by atomic mass is 32.1. The Morgan fingerprint density at radius 1 is 1.59 bits per heavy atom. The van der Waals surface area contributed by atoms with Crippen LogP contribution in [-0.2, 0) is 11.8 Å². The zero-order valence-corrected chi connectivity index (χ0v) is 10.1. The molecule has 0 radical (unpaired) electrons. The molecule has 1 fully saturated rings. The van der Waals surface area contributed by atoms with E-state index >= 15 is 0 Å². The molecule has 0 saturated heterocycles. The van der Waals surface area contributed by atoms with Gasteiger partial charge in [0.15, 0.2) is 5.82 Å². The van der Waals surface area contributed by atoms with Gasteiger partial charge in [0.05, 0.1) is 11.8 Å². The summed E-state index contributed by atoms with van der Waals surface area (Å²) in [5.74, 6) is 0.842. The summed E-state index contributed by atoms with van der Waals surface area (Å²) < 4.78 is 5.89. The van der Waals surface area contributed by atoms with Crippen molar-refractivity contribution in [2.75, 3.05) is 5.32 Å². The lowest BCUT2D eigenvalue weighted by atomic mass is 10.3. The third-order valence-corrected chi connectivity index (χ3v) is 3.20. The molecule has 1 saturated carbocycles. The van der Waals surface area contributed by atoms with Crippen LogP contribution < -0.4 is 5.32 Å². The van der Waals surface area contributed by atoms with E-state index in [1.807, 2.05) is 13.2 Å². The first-order valence-electron chi connectivity index (χ1n) is 5.36. The van der Waals surface area contributed by atoms with Gasteiger partial charge in [-0.25, -0.2) is 0 Å². The maximum atomic E-state index is 11.5. The number of amides is 1. The van der Waals surface area contributed by atoms with Crippen LogP contribution in [0.15, 0.2) is 12.4 Å². The number of carbonyl (C=O) groups excluding carboxylic acids is 1. The van der Waals surface area contributed by atoms with Crippen LogP contribution in [-0.4, -0.2) is 25.0 Å². The minimum absolute atomic E-state index is 0.0545. The van der Waals surface area contributed by atoms with E-state index in [0.29, 0.717) is 11.0 Å². The van der Waals surface area contributed by atoms with Crippen molar-refractivity contribution < 1.29 is 4.79 Å². The van der Waals surface area contributed by atoms with Crippen LogP contribution >= 0.6 is 11.5 Å². The first kappa shape index (κ1) is 10.4. The number of hydrogen-bond donors (Lipinski definition) is 1. The molecule has 0 spiro atoms. The molecule has 6 nitrogen and oxygen atoms in total. The van der Waals surface area contributed by atoms with Gasteiger partial charge in [-0.3, -0.25) is 9.48 Å². The standard InChI is InChI=1S/C10H11N5OS/c1-15-5-7(4-11-15)8-12-10(17-14-8)13-9(16)6-2-3-6/h4-6H,2-3H2,1H3,(H,12,13,14,16). The molecule has 1 aliphatic carbocycles. The van der Waals surface area contributed by atoms with E-state index in [-0.39, 0.29) is 11.8 Å². The van der Waals surface area contributed by atoms with Gasteiger partial charge < -0.3 is 5.32 Å². The fourth-order valence-corrected chi connectivity index (χ4v) is 2.07. The van der Waals surface area contributed by atoms with Crippen LogP contribution in [0.25, 0.3) is 11.4 Å². The highest BCUT2D eigenvalue weighted by Crippen LogP contribution is 2.30. The zero-order valence-electron chi connectivity index (χ0n) is 9.25. The molecule has 0 aliphatic heterocycles. The number of nitrogens with zero attached hydrogens (tertiary/aromatic N) is 4. The minimum atomic E-state index is 0.0545. The lowest BCUT2D eigenvalue weighted by Crippen LogP contribution is -2.12. The largest absolute Gasteiger partial charge is 0.300 e. The SMILES string of the molecule is Cn1cc(-c2nsc(NC(=O)C3CC3)n2)cn1. The summed E-state index contributed by atoms with van der Waals surface area (Å²) in [5, 5.41) is 7.39. The number of anilines is 1. The Balaban J connectivity index is 1.75. The Morgan fingerprint density at radius 2 is 2.41 bits per heavy atom. The minimum Gasteiger partial charge on any atom is -0.300 e. The van der Waals surface area contributed by atoms with Gasteiger partial charge in [0.25, 0.3) is 0 Å². The molecule has 1 amide bonds. The lowest BCUT2D eigenvalue weighted by Gasteiger charge is -1.96. The number of carbonyl (C=O) groups is 1. The number of aromatic nitrogens is 4. The van der Waals surface area contributed by atoms with Crippen molar-refractivity contribution in [3.05, 3.63) is 12.4 Å². The van der Waals surface area contributed by atoms with Gasteiger partial charge in [0.2, 0.25) is 11.0 Å². The fourth-order valence-electron chi connectivity index (χ4n) is 1.48. The van der Waals surface area contributed by atoms with E-state index in [4.69, 9.17) is 0 Å². The van der Waals surface area contributed by atoms with Crippen LogP contribution in [0.2, 0.25) is 0 Å². The van der Waals surface area contributed by atoms with Crippen LogP contribution in [0, 0.1) is 5.92 Å². The summed E-state index contributed by atoms with van der Waals surface area (Å²) in [5.41, 5.74) is 0.857. The van der Waals surface area contributed by atoms with Gasteiger partial charge in [-0.1, -0.05) is 0 Å². The van der Waals surface area contributed by atoms with Crippen molar-refractivity contribution >= 4 is 22.6 Å². The molecule has 0 aromatic carbocycles. The van der Waals surface area contributed by atoms with Crippen molar-refractivity contribution in [3.63, 3.8) is 0 Å². The molecule has 7 heteroatoms. The quantitative estimate of drug-likeness (QED) is 0.889. The molecule has 1 aliphatic rings. The second-order valence-electron chi connectivity index (χ2n) is 4.09. The average molecular weight is 249 g/mol. The maximum absolute atomic E-state index is 11.5. The van der Waals surface area contributed by atoms with Crippen LogP contribution in [0.3, 0.4) is 0 Å². The Hall–Kier alpha value is -1.76. The highest BCUT2D eigenvalue weighted by Gasteiger charge is 2.30. The Morgan fingerprint density at radius 3 is 3.06 bits per heavy atom. The molecule has 3 rings (SSSR count). The van der Waals surface area contributed by atoms with Gasteiger partial charge >= 0.3 is 0 Å². The molecular formula is C10H11N5OS. The van der Waals surface area contributed by atoms with Gasteiger partial charge in [0, 0.05) is 30.7 Å². The predicted molar refractivity (Wildman–Crippen MR) is 63.5 cm³/mol. The van der Waals surface area contributed by atoms with E-state index in [1.54, 1.807) is 10.9 Å². The first-order valence-corrected chi connectivity index (χ1v) is 6.13. The lowest BCUT2D eigenvalue weighted by molar-refractivity contribution is -0.117. The van der Waals surface area contributed by atoms with Crippen molar-refractivity contribution in [1.29, 1.82) is 0 Å². The molecular weight excluding hydrogens is 238 g/mol. The molecule has 2 heterocycles. The molecule has 0 bridgehead atoms. The van der Waals surface area contributed by atoms with Crippen LogP contribution in [0.1, 0.15) is 12.8 Å². The molecule has 0 atom stereocenters. The molecule has 1 N–H and O–H groups in total. The average Bonchev–Trinajstić information content (AvgIpc) is 2.92. The molecule has 88 valence electrons. The summed E-state index contributed by atoms with van der Waals surface area (Å²) in [6.07, 6.45) is 5.52. The third-order valence-electron chi connectivity index (χ3n) is 2.57. The Bertz CT molecular complexity index is 557. The van der Waals surface area contributed by atoms with Gasteiger partial charge in [-0.05, 0) is 12.8 Å². The number of hydrogen-bond acceptors (Lipinski definition) is 5. The van der Waals surface area contributed by atoms with Gasteiger partial charge in [0.1, 0.15) is 0 Å². The monoisotopic (exact) mass is 249 g/mol. The van der Waals surface area contributed by atoms with Gasteiger partial charge in [-0.2, -0.15) is 14.5 Å². The van der Waals surface area contributed by atoms with Crippen molar-refractivity contribution in [1.82, 2.24) is 19.1 Å². The Kier molecular flexibility index (Phi) is 2.40. The number of aryl methyl sites for hydroxylation is 1. The first-order chi connectivity index (χ1) is 8.22. The summed E-state index contributed by atoms with van der Waals surface area (Å²) in [6, 6.07) is 0. The summed E-state index contributed by atoms with van der Waals surface area (Å²) >= 11 is 1.20. The van der Waals surface area contributed by atoms with E-state index in [0.717, 1.165) is 18.4 Å². The zero-order chi connectivity index (χ0) is 11.8. The van der Waals surface area contributed by atoms with E-state index in [1.165, 1.54) is 11.5 Å². The second kappa shape index (κ2) is 3.92. The third kappa shape index (κ3) is 2.19. The normalized spacial score (nSPS) is 14.9. The van der Waals surface area contributed by atoms with Crippen molar-refractivity contribution in [3.8, 4) is 11.4 Å². The summed E-state index contributed by atoms with van der Waals surface area (Å²) in [6.45, 7) is 0. The highest BCUT2D eigenvalue weighted by molar-refractivity contribution is 7.10. The van der Waals surface area contributed by atoms with E-state index in [2.05, 4.69) is 19.8 Å². The van der Waals surface area contributed by atoms with Crippen LogP contribution in [0.5, 0.6) is 0 Å².